The lowest BCUT2D eigenvalue weighted by atomic mass is 9.85. The van der Waals surface area contributed by atoms with Gasteiger partial charge in [0.1, 0.15) is 18.7 Å². The second kappa shape index (κ2) is 12.6. The van der Waals surface area contributed by atoms with Crippen molar-refractivity contribution in [3.8, 4) is 10.4 Å². The molecule has 1 saturated heterocycles. The average molecular weight is 533 g/mol. The number of amides is 3. The standard InChI is InChI=1S/C26H36N4O6S/c1-16-22(37-15-28-16)18-7-5-17(6-8-18)12-27-24(34)20-11-19(32)13-30(20)25(35)23(26(2,3)4)29-21(33)14-36-10-9-31/h5-8,15,19-20,23,31-32H,9-14H2,1-4H3,(H,27,34)(H,29,33)/t19-,20+,23+/m1/s1. The highest BCUT2D eigenvalue weighted by Crippen LogP contribution is 2.28. The van der Waals surface area contributed by atoms with Crippen LogP contribution in [0.1, 0.15) is 38.4 Å². The maximum Gasteiger partial charge on any atom is 0.246 e. The van der Waals surface area contributed by atoms with Crippen LogP contribution in [0.3, 0.4) is 0 Å². The van der Waals surface area contributed by atoms with Gasteiger partial charge in [0.2, 0.25) is 17.7 Å². The predicted octanol–water partition coefficient (Wildman–Crippen LogP) is 1.24. The molecule has 1 aliphatic rings. The van der Waals surface area contributed by atoms with Crippen LogP contribution in [0.25, 0.3) is 10.4 Å². The van der Waals surface area contributed by atoms with Crippen LogP contribution >= 0.6 is 11.3 Å². The Morgan fingerprint density at radius 2 is 1.95 bits per heavy atom. The Morgan fingerprint density at radius 1 is 1.24 bits per heavy atom. The van der Waals surface area contributed by atoms with Crippen molar-refractivity contribution >= 4 is 29.1 Å². The Hall–Kier alpha value is -2.86. The van der Waals surface area contributed by atoms with Crippen LogP contribution in [0.5, 0.6) is 0 Å². The third-order valence-corrected chi connectivity index (χ3v) is 7.16. The number of nitrogens with one attached hydrogen (secondary N) is 2. The summed E-state index contributed by atoms with van der Waals surface area (Å²) in [4.78, 5) is 45.7. The van der Waals surface area contributed by atoms with Gasteiger partial charge in [-0.25, -0.2) is 4.98 Å². The molecule has 202 valence electrons. The summed E-state index contributed by atoms with van der Waals surface area (Å²) in [6, 6.07) is 6.06. The molecule has 0 aliphatic carbocycles. The fourth-order valence-electron chi connectivity index (χ4n) is 4.21. The minimum absolute atomic E-state index is 0.00325. The molecule has 4 N–H and O–H groups in total. The van der Waals surface area contributed by atoms with Crippen LogP contribution in [-0.4, -0.2) is 82.4 Å². The van der Waals surface area contributed by atoms with E-state index in [9.17, 15) is 19.5 Å². The lowest BCUT2D eigenvalue weighted by Crippen LogP contribution is -2.58. The topological polar surface area (TPSA) is 141 Å². The molecule has 0 unspecified atom stereocenters. The molecule has 2 heterocycles. The summed E-state index contributed by atoms with van der Waals surface area (Å²) >= 11 is 1.57. The number of hydrogen-bond acceptors (Lipinski definition) is 8. The lowest BCUT2D eigenvalue weighted by Gasteiger charge is -2.35. The summed E-state index contributed by atoms with van der Waals surface area (Å²) in [5, 5.41) is 24.7. The van der Waals surface area contributed by atoms with Gasteiger partial charge >= 0.3 is 0 Å². The van der Waals surface area contributed by atoms with Crippen LogP contribution in [0.2, 0.25) is 0 Å². The molecule has 3 amide bonds. The van der Waals surface area contributed by atoms with E-state index in [1.807, 2.05) is 57.5 Å². The average Bonchev–Trinajstić information content (AvgIpc) is 3.46. The molecule has 0 spiro atoms. The van der Waals surface area contributed by atoms with E-state index in [1.165, 1.54) is 4.90 Å². The molecule has 1 aromatic carbocycles. The number of ether oxygens (including phenoxy) is 1. The van der Waals surface area contributed by atoms with E-state index < -0.39 is 35.4 Å². The van der Waals surface area contributed by atoms with Crippen molar-refractivity contribution < 1.29 is 29.3 Å². The van der Waals surface area contributed by atoms with Crippen molar-refractivity contribution in [3.05, 3.63) is 41.0 Å². The molecule has 10 nitrogen and oxygen atoms in total. The summed E-state index contributed by atoms with van der Waals surface area (Å²) in [6.45, 7) is 7.16. The van der Waals surface area contributed by atoms with Crippen molar-refractivity contribution in [3.63, 3.8) is 0 Å². The minimum Gasteiger partial charge on any atom is -0.394 e. The molecular weight excluding hydrogens is 496 g/mol. The minimum atomic E-state index is -0.930. The van der Waals surface area contributed by atoms with Gasteiger partial charge in [-0.3, -0.25) is 14.4 Å². The Bertz CT molecular complexity index is 1080. The number of hydrogen-bond donors (Lipinski definition) is 4. The summed E-state index contributed by atoms with van der Waals surface area (Å²) in [6.07, 6.45) is -0.725. The number of aliphatic hydroxyl groups excluding tert-OH is 2. The lowest BCUT2D eigenvalue weighted by molar-refractivity contribution is -0.144. The van der Waals surface area contributed by atoms with Crippen molar-refractivity contribution in [2.45, 2.75) is 58.8 Å². The van der Waals surface area contributed by atoms with Crippen LogP contribution in [0.4, 0.5) is 0 Å². The molecular formula is C26H36N4O6S. The highest BCUT2D eigenvalue weighted by Gasteiger charge is 2.44. The third-order valence-electron chi connectivity index (χ3n) is 6.18. The van der Waals surface area contributed by atoms with Gasteiger partial charge in [-0.15, -0.1) is 11.3 Å². The van der Waals surface area contributed by atoms with Crippen LogP contribution in [0.15, 0.2) is 29.8 Å². The number of nitrogens with zero attached hydrogens (tertiary/aromatic N) is 2. The first-order valence-electron chi connectivity index (χ1n) is 12.2. The Morgan fingerprint density at radius 3 is 2.54 bits per heavy atom. The highest BCUT2D eigenvalue weighted by molar-refractivity contribution is 7.13. The van der Waals surface area contributed by atoms with E-state index in [4.69, 9.17) is 9.84 Å². The zero-order chi connectivity index (χ0) is 27.2. The number of β-amino-alcohol motifs (C(OH)–C–C–N with tert-alkyl or cyclic N) is 1. The fourth-order valence-corrected chi connectivity index (χ4v) is 5.02. The van der Waals surface area contributed by atoms with Gasteiger partial charge in [-0.1, -0.05) is 45.0 Å². The van der Waals surface area contributed by atoms with E-state index in [0.29, 0.717) is 0 Å². The van der Waals surface area contributed by atoms with Gasteiger partial charge in [0, 0.05) is 19.5 Å². The first-order valence-corrected chi connectivity index (χ1v) is 13.1. The second-order valence-corrected chi connectivity index (χ2v) is 11.1. The number of aryl methyl sites for hydroxylation is 1. The summed E-state index contributed by atoms with van der Waals surface area (Å²) in [7, 11) is 0. The Balaban J connectivity index is 1.65. The van der Waals surface area contributed by atoms with E-state index in [1.54, 1.807) is 11.3 Å². The van der Waals surface area contributed by atoms with E-state index >= 15 is 0 Å². The SMILES string of the molecule is Cc1ncsc1-c1ccc(CNC(=O)[C@@H]2C[C@@H](O)CN2C(=O)[C@H](NC(=O)COCCO)C(C)(C)C)cc1. The molecule has 0 saturated carbocycles. The normalized spacial score (nSPS) is 18.5. The molecule has 0 radical (unpaired) electrons. The van der Waals surface area contributed by atoms with Gasteiger partial charge in [0.15, 0.2) is 0 Å². The number of benzene rings is 1. The number of likely N-dealkylation sites (tertiary alicyclic amines) is 1. The zero-order valence-electron chi connectivity index (χ0n) is 21.7. The summed E-state index contributed by atoms with van der Waals surface area (Å²) in [5.74, 6) is -1.30. The number of carbonyl (C=O) groups is 3. The van der Waals surface area contributed by atoms with Gasteiger partial charge < -0.3 is 30.5 Å². The van der Waals surface area contributed by atoms with E-state index in [0.717, 1.165) is 21.7 Å². The van der Waals surface area contributed by atoms with Crippen molar-refractivity contribution in [2.75, 3.05) is 26.4 Å². The predicted molar refractivity (Wildman–Crippen MR) is 140 cm³/mol. The smallest absolute Gasteiger partial charge is 0.246 e. The third kappa shape index (κ3) is 7.57. The molecule has 11 heteroatoms. The molecule has 37 heavy (non-hydrogen) atoms. The maximum absolute atomic E-state index is 13.5. The Kier molecular flexibility index (Phi) is 9.77. The zero-order valence-corrected chi connectivity index (χ0v) is 22.5. The summed E-state index contributed by atoms with van der Waals surface area (Å²) < 4.78 is 5.05. The van der Waals surface area contributed by atoms with Gasteiger partial charge in [-0.2, -0.15) is 0 Å². The highest BCUT2D eigenvalue weighted by atomic mass is 32.1. The molecule has 3 atom stereocenters. The number of rotatable bonds is 10. The van der Waals surface area contributed by atoms with Crippen molar-refractivity contribution in [1.82, 2.24) is 20.5 Å². The molecule has 3 rings (SSSR count). The number of aromatic nitrogens is 1. The first-order chi connectivity index (χ1) is 17.5. The molecule has 0 bridgehead atoms. The number of carbonyl (C=O) groups excluding carboxylic acids is 3. The van der Waals surface area contributed by atoms with Crippen molar-refractivity contribution in [1.29, 1.82) is 0 Å². The van der Waals surface area contributed by atoms with Crippen molar-refractivity contribution in [2.24, 2.45) is 5.41 Å². The van der Waals surface area contributed by atoms with Gasteiger partial charge in [0.25, 0.3) is 0 Å². The maximum atomic E-state index is 13.5. The van der Waals surface area contributed by atoms with Gasteiger partial charge in [-0.05, 0) is 23.5 Å². The van der Waals surface area contributed by atoms with Gasteiger partial charge in [0.05, 0.1) is 35.4 Å². The molecule has 1 aromatic heterocycles. The quantitative estimate of drug-likeness (QED) is 0.337. The first kappa shape index (κ1) is 28.7. The molecule has 1 fully saturated rings. The largest absolute Gasteiger partial charge is 0.394 e. The van der Waals surface area contributed by atoms with Crippen LogP contribution < -0.4 is 10.6 Å². The molecule has 2 aromatic rings. The Labute approximate surface area is 221 Å². The number of thiazole rings is 1. The van der Waals surface area contributed by atoms with E-state index in [2.05, 4.69) is 15.6 Å². The fraction of sp³-hybridized carbons (Fsp3) is 0.538. The van der Waals surface area contributed by atoms with Crippen LogP contribution in [-0.2, 0) is 25.7 Å². The van der Waals surface area contributed by atoms with E-state index in [-0.39, 0.29) is 45.2 Å². The molecule has 1 aliphatic heterocycles. The van der Waals surface area contributed by atoms with Crippen LogP contribution in [0, 0.1) is 12.3 Å². The second-order valence-electron chi connectivity index (χ2n) is 10.2. The summed E-state index contributed by atoms with van der Waals surface area (Å²) in [5.41, 5.74) is 4.08. The number of aliphatic hydroxyl groups is 2. The monoisotopic (exact) mass is 532 g/mol.